The summed E-state index contributed by atoms with van der Waals surface area (Å²) in [6.45, 7) is 0.304. The zero-order chi connectivity index (χ0) is 19.1. The summed E-state index contributed by atoms with van der Waals surface area (Å²) in [4.78, 5) is 0. The van der Waals surface area contributed by atoms with Gasteiger partial charge in [-0.05, 0) is 47.5 Å². The van der Waals surface area contributed by atoms with E-state index in [-0.39, 0.29) is 5.82 Å². The molecule has 0 fully saturated rings. The van der Waals surface area contributed by atoms with E-state index in [2.05, 4.69) is 12.1 Å². The quantitative estimate of drug-likeness (QED) is 0.459. The van der Waals surface area contributed by atoms with Crippen LogP contribution < -0.4 is 4.74 Å². The second-order valence-electron chi connectivity index (χ2n) is 5.80. The summed E-state index contributed by atoms with van der Waals surface area (Å²) in [6, 6.07) is 24.7. The van der Waals surface area contributed by atoms with Crippen LogP contribution in [0.2, 0.25) is 0 Å². The largest absolute Gasteiger partial charge is 0.489 e. The lowest BCUT2D eigenvalue weighted by atomic mass is 10.0. The Balaban J connectivity index is 1.72. The maximum absolute atomic E-state index is 13.0. The molecule has 0 aliphatic rings. The highest BCUT2D eigenvalue weighted by Gasteiger charge is 2.04. The maximum atomic E-state index is 13.0. The van der Waals surface area contributed by atoms with Gasteiger partial charge in [-0.25, -0.2) is 4.39 Å². The number of hydrogen-bond acceptors (Lipinski definition) is 3. The van der Waals surface area contributed by atoms with E-state index < -0.39 is 0 Å². The van der Waals surface area contributed by atoms with Crippen LogP contribution in [0.5, 0.6) is 5.75 Å². The van der Waals surface area contributed by atoms with Crippen LogP contribution in [-0.2, 0) is 6.61 Å². The molecular weight excluding hydrogens is 339 g/mol. The van der Waals surface area contributed by atoms with Crippen molar-refractivity contribution in [3.8, 4) is 17.9 Å². The highest BCUT2D eigenvalue weighted by atomic mass is 19.1. The molecule has 4 heteroatoms. The van der Waals surface area contributed by atoms with Gasteiger partial charge < -0.3 is 4.74 Å². The van der Waals surface area contributed by atoms with Crippen molar-refractivity contribution in [2.75, 3.05) is 0 Å². The molecule has 0 radical (unpaired) electrons. The number of benzene rings is 3. The van der Waals surface area contributed by atoms with Crippen molar-refractivity contribution in [1.82, 2.24) is 0 Å². The molecule has 0 bridgehead atoms. The van der Waals surface area contributed by atoms with Crippen LogP contribution in [0.25, 0.3) is 11.6 Å². The molecule has 0 aromatic heterocycles. The first-order chi connectivity index (χ1) is 13.2. The van der Waals surface area contributed by atoms with E-state index in [4.69, 9.17) is 10.00 Å². The van der Waals surface area contributed by atoms with Gasteiger partial charge >= 0.3 is 0 Å². The molecule has 27 heavy (non-hydrogen) atoms. The molecule has 0 atom stereocenters. The minimum absolute atomic E-state index is 0.304. The van der Waals surface area contributed by atoms with Gasteiger partial charge in [-0.1, -0.05) is 42.5 Å². The predicted molar refractivity (Wildman–Crippen MR) is 102 cm³/mol. The zero-order valence-corrected chi connectivity index (χ0v) is 14.4. The van der Waals surface area contributed by atoms with Crippen LogP contribution in [-0.4, -0.2) is 0 Å². The molecule has 0 heterocycles. The first-order valence-corrected chi connectivity index (χ1v) is 8.28. The summed E-state index contributed by atoms with van der Waals surface area (Å²) in [5.41, 5.74) is 3.36. The molecule has 0 spiro atoms. The standard InChI is InChI=1S/C23H15FN2O/c24-22-9-7-18(8-10-22)21(15-26)13-17-5-11-23(12-6-17)27-16-20-4-2-1-3-19(20)14-25/h1-13H,16H2/b21-13-. The molecule has 0 amide bonds. The van der Waals surface area contributed by atoms with E-state index in [0.29, 0.717) is 29.1 Å². The Morgan fingerprint density at radius 2 is 1.63 bits per heavy atom. The first-order valence-electron chi connectivity index (χ1n) is 8.28. The summed E-state index contributed by atoms with van der Waals surface area (Å²) >= 11 is 0. The molecule has 0 aliphatic heterocycles. The smallest absolute Gasteiger partial charge is 0.123 e. The lowest BCUT2D eigenvalue weighted by Gasteiger charge is -2.08. The highest BCUT2D eigenvalue weighted by Crippen LogP contribution is 2.21. The molecule has 3 aromatic rings. The Hall–Kier alpha value is -3.89. The monoisotopic (exact) mass is 354 g/mol. The fraction of sp³-hybridized carbons (Fsp3) is 0.0435. The van der Waals surface area contributed by atoms with Crippen molar-refractivity contribution < 1.29 is 9.13 Å². The lowest BCUT2D eigenvalue weighted by molar-refractivity contribution is 0.306. The Bertz CT molecular complexity index is 1040. The van der Waals surface area contributed by atoms with E-state index in [1.54, 1.807) is 36.4 Å². The summed E-state index contributed by atoms with van der Waals surface area (Å²) in [7, 11) is 0. The van der Waals surface area contributed by atoms with Gasteiger partial charge in [0.05, 0.1) is 23.3 Å². The summed E-state index contributed by atoms with van der Waals surface area (Å²) < 4.78 is 18.8. The number of rotatable bonds is 5. The minimum Gasteiger partial charge on any atom is -0.489 e. The number of halogens is 1. The molecular formula is C23H15FN2O. The molecule has 3 aromatic carbocycles. The Morgan fingerprint density at radius 3 is 2.30 bits per heavy atom. The van der Waals surface area contributed by atoms with Crippen molar-refractivity contribution in [1.29, 1.82) is 10.5 Å². The van der Waals surface area contributed by atoms with Crippen LogP contribution in [0.3, 0.4) is 0 Å². The topological polar surface area (TPSA) is 56.8 Å². The first kappa shape index (κ1) is 17.9. The molecule has 3 nitrogen and oxygen atoms in total. The number of nitrogens with zero attached hydrogens (tertiary/aromatic N) is 2. The fourth-order valence-corrected chi connectivity index (χ4v) is 2.55. The summed E-state index contributed by atoms with van der Waals surface area (Å²) in [6.07, 6.45) is 1.74. The maximum Gasteiger partial charge on any atom is 0.123 e. The number of hydrogen-bond donors (Lipinski definition) is 0. The fourth-order valence-electron chi connectivity index (χ4n) is 2.55. The van der Waals surface area contributed by atoms with Crippen LogP contribution in [0.15, 0.2) is 72.8 Å². The van der Waals surface area contributed by atoms with Crippen LogP contribution in [0.4, 0.5) is 4.39 Å². The second kappa shape index (κ2) is 8.47. The minimum atomic E-state index is -0.337. The van der Waals surface area contributed by atoms with Gasteiger partial charge in [0.1, 0.15) is 18.2 Å². The van der Waals surface area contributed by atoms with Gasteiger partial charge in [0.25, 0.3) is 0 Å². The number of nitriles is 2. The summed E-state index contributed by atoms with van der Waals surface area (Å²) in [5, 5.41) is 18.5. The van der Waals surface area contributed by atoms with E-state index in [9.17, 15) is 9.65 Å². The van der Waals surface area contributed by atoms with Crippen molar-refractivity contribution in [2.24, 2.45) is 0 Å². The number of ether oxygens (including phenoxy) is 1. The molecule has 3 rings (SSSR count). The van der Waals surface area contributed by atoms with E-state index in [1.165, 1.54) is 12.1 Å². The van der Waals surface area contributed by atoms with Gasteiger partial charge in [0.15, 0.2) is 0 Å². The number of allylic oxidation sites excluding steroid dienone is 1. The van der Waals surface area contributed by atoms with Gasteiger partial charge in [0.2, 0.25) is 0 Å². The third-order valence-electron chi connectivity index (χ3n) is 4.00. The highest BCUT2D eigenvalue weighted by molar-refractivity contribution is 5.89. The molecule has 0 saturated carbocycles. The third-order valence-corrected chi connectivity index (χ3v) is 4.00. The predicted octanol–water partition coefficient (Wildman–Crippen LogP) is 5.34. The van der Waals surface area contributed by atoms with Crippen LogP contribution >= 0.6 is 0 Å². The van der Waals surface area contributed by atoms with Crippen molar-refractivity contribution in [3.63, 3.8) is 0 Å². The normalized spacial score (nSPS) is 10.7. The molecule has 0 unspecified atom stereocenters. The Morgan fingerprint density at radius 1 is 0.926 bits per heavy atom. The Labute approximate surface area is 157 Å². The van der Waals surface area contributed by atoms with E-state index in [0.717, 1.165) is 11.1 Å². The second-order valence-corrected chi connectivity index (χ2v) is 5.80. The van der Waals surface area contributed by atoms with Crippen molar-refractivity contribution in [3.05, 3.63) is 101 Å². The molecule has 0 N–H and O–H groups in total. The van der Waals surface area contributed by atoms with Crippen LogP contribution in [0, 0.1) is 28.5 Å². The third kappa shape index (κ3) is 4.60. The summed E-state index contributed by atoms with van der Waals surface area (Å²) in [5.74, 6) is 0.329. The molecule has 130 valence electrons. The van der Waals surface area contributed by atoms with Gasteiger partial charge in [-0.2, -0.15) is 10.5 Å². The van der Waals surface area contributed by atoms with E-state index >= 15 is 0 Å². The molecule has 0 saturated heterocycles. The van der Waals surface area contributed by atoms with Crippen LogP contribution in [0.1, 0.15) is 22.3 Å². The Kier molecular flexibility index (Phi) is 5.62. The van der Waals surface area contributed by atoms with Crippen molar-refractivity contribution >= 4 is 11.6 Å². The average Bonchev–Trinajstić information content (AvgIpc) is 2.72. The van der Waals surface area contributed by atoms with Gasteiger partial charge in [-0.15, -0.1) is 0 Å². The van der Waals surface area contributed by atoms with Crippen molar-refractivity contribution in [2.45, 2.75) is 6.61 Å². The van der Waals surface area contributed by atoms with Gasteiger partial charge in [-0.3, -0.25) is 0 Å². The van der Waals surface area contributed by atoms with E-state index in [1.807, 2.05) is 30.3 Å². The average molecular weight is 354 g/mol. The zero-order valence-electron chi connectivity index (χ0n) is 14.4. The van der Waals surface area contributed by atoms with Gasteiger partial charge in [0, 0.05) is 5.56 Å². The SMILES string of the molecule is N#C/C(=C/c1ccc(OCc2ccccc2C#N)cc1)c1ccc(F)cc1. The molecule has 0 aliphatic carbocycles. The lowest BCUT2D eigenvalue weighted by Crippen LogP contribution is -1.98.